The molecule has 3 heterocycles. The standard InChI is InChI=1S/C11H17N3O2S/c15-7-5-8(12-6-7)11-13-10(14-16-11)9-3-1-2-4-17-9/h7-9,12,15H,1-6H2/t7-,8+,9?/m0/s1. The molecule has 0 amide bonds. The second-order valence-electron chi connectivity index (χ2n) is 4.70. The first kappa shape index (κ1) is 11.5. The highest BCUT2D eigenvalue weighted by molar-refractivity contribution is 7.99. The normalized spacial score (nSPS) is 34.1. The van der Waals surface area contributed by atoms with Crippen LogP contribution >= 0.6 is 11.8 Å². The molecule has 0 aliphatic carbocycles. The van der Waals surface area contributed by atoms with E-state index in [1.54, 1.807) is 0 Å². The smallest absolute Gasteiger partial charge is 0.243 e. The molecule has 94 valence electrons. The second kappa shape index (κ2) is 4.96. The Morgan fingerprint density at radius 3 is 3.06 bits per heavy atom. The van der Waals surface area contributed by atoms with Crippen LogP contribution in [0.4, 0.5) is 0 Å². The number of aromatic nitrogens is 2. The van der Waals surface area contributed by atoms with Crippen molar-refractivity contribution in [2.24, 2.45) is 0 Å². The van der Waals surface area contributed by atoms with E-state index in [1.807, 2.05) is 11.8 Å². The molecule has 2 saturated heterocycles. The summed E-state index contributed by atoms with van der Waals surface area (Å²) in [5.74, 6) is 2.64. The third-order valence-electron chi connectivity index (χ3n) is 3.33. The molecular formula is C11H17N3O2S. The lowest BCUT2D eigenvalue weighted by atomic mass is 10.2. The summed E-state index contributed by atoms with van der Waals surface area (Å²) in [4.78, 5) is 4.48. The molecule has 0 bridgehead atoms. The summed E-state index contributed by atoms with van der Waals surface area (Å²) in [5.41, 5.74) is 0. The Balaban J connectivity index is 1.69. The first-order valence-corrected chi connectivity index (χ1v) is 7.24. The van der Waals surface area contributed by atoms with Gasteiger partial charge in [0.05, 0.1) is 17.4 Å². The summed E-state index contributed by atoms with van der Waals surface area (Å²) in [6.45, 7) is 0.612. The van der Waals surface area contributed by atoms with Crippen LogP contribution in [0.15, 0.2) is 4.52 Å². The summed E-state index contributed by atoms with van der Waals surface area (Å²) < 4.78 is 5.30. The van der Waals surface area contributed by atoms with Crippen LogP contribution in [0.5, 0.6) is 0 Å². The quantitative estimate of drug-likeness (QED) is 0.833. The predicted molar refractivity (Wildman–Crippen MR) is 64.7 cm³/mol. The van der Waals surface area contributed by atoms with Gasteiger partial charge in [-0.15, -0.1) is 0 Å². The molecule has 3 atom stereocenters. The molecule has 3 rings (SSSR count). The molecule has 0 spiro atoms. The van der Waals surface area contributed by atoms with Crippen molar-refractivity contribution in [3.05, 3.63) is 11.7 Å². The van der Waals surface area contributed by atoms with Crippen LogP contribution in [0.25, 0.3) is 0 Å². The Bertz CT molecular complexity index is 359. The summed E-state index contributed by atoms with van der Waals surface area (Å²) >= 11 is 1.92. The molecule has 1 aromatic rings. The number of thioether (sulfide) groups is 1. The molecular weight excluding hydrogens is 238 g/mol. The molecule has 0 saturated carbocycles. The van der Waals surface area contributed by atoms with Gasteiger partial charge in [0, 0.05) is 6.54 Å². The fraction of sp³-hybridized carbons (Fsp3) is 0.818. The summed E-state index contributed by atoms with van der Waals surface area (Å²) in [6, 6.07) is 0.0276. The van der Waals surface area contributed by atoms with E-state index in [9.17, 15) is 5.11 Å². The zero-order valence-electron chi connectivity index (χ0n) is 9.63. The van der Waals surface area contributed by atoms with Crippen molar-refractivity contribution in [3.8, 4) is 0 Å². The molecule has 17 heavy (non-hydrogen) atoms. The summed E-state index contributed by atoms with van der Waals surface area (Å²) in [7, 11) is 0. The Morgan fingerprint density at radius 1 is 1.41 bits per heavy atom. The van der Waals surface area contributed by atoms with Crippen LogP contribution in [0, 0.1) is 0 Å². The van der Waals surface area contributed by atoms with Crippen molar-refractivity contribution < 1.29 is 9.63 Å². The molecule has 1 unspecified atom stereocenters. The zero-order valence-corrected chi connectivity index (χ0v) is 10.4. The first-order valence-electron chi connectivity index (χ1n) is 6.19. The highest BCUT2D eigenvalue weighted by Crippen LogP contribution is 2.37. The van der Waals surface area contributed by atoms with Crippen molar-refractivity contribution in [2.45, 2.75) is 43.1 Å². The lowest BCUT2D eigenvalue weighted by Gasteiger charge is -2.17. The average molecular weight is 255 g/mol. The third kappa shape index (κ3) is 2.48. The van der Waals surface area contributed by atoms with E-state index in [4.69, 9.17) is 4.52 Å². The SMILES string of the molecule is O[C@@H]1CN[C@@H](c2nc(C3CCCCS3)no2)C1. The van der Waals surface area contributed by atoms with Crippen LogP contribution in [0.3, 0.4) is 0 Å². The van der Waals surface area contributed by atoms with Crippen molar-refractivity contribution in [1.82, 2.24) is 15.5 Å². The molecule has 6 heteroatoms. The molecule has 0 aromatic carbocycles. The van der Waals surface area contributed by atoms with E-state index < -0.39 is 0 Å². The maximum absolute atomic E-state index is 9.46. The minimum atomic E-state index is -0.292. The van der Waals surface area contributed by atoms with E-state index in [2.05, 4.69) is 15.5 Å². The fourth-order valence-electron chi connectivity index (χ4n) is 2.37. The van der Waals surface area contributed by atoms with E-state index >= 15 is 0 Å². The molecule has 2 fully saturated rings. The van der Waals surface area contributed by atoms with E-state index in [0.29, 0.717) is 24.1 Å². The largest absolute Gasteiger partial charge is 0.392 e. The third-order valence-corrected chi connectivity index (χ3v) is 4.70. The molecule has 2 aliphatic rings. The number of nitrogens with zero attached hydrogens (tertiary/aromatic N) is 2. The number of hydrogen-bond acceptors (Lipinski definition) is 6. The number of hydrogen-bond donors (Lipinski definition) is 2. The van der Waals surface area contributed by atoms with Gasteiger partial charge >= 0.3 is 0 Å². The maximum Gasteiger partial charge on any atom is 0.243 e. The van der Waals surface area contributed by atoms with Gasteiger partial charge in [-0.3, -0.25) is 0 Å². The minimum absolute atomic E-state index is 0.0276. The highest BCUT2D eigenvalue weighted by Gasteiger charge is 2.29. The van der Waals surface area contributed by atoms with Gasteiger partial charge in [0.25, 0.3) is 0 Å². The molecule has 2 aliphatic heterocycles. The number of aliphatic hydroxyl groups is 1. The number of aliphatic hydroxyl groups excluding tert-OH is 1. The molecule has 1 aromatic heterocycles. The number of rotatable bonds is 2. The highest BCUT2D eigenvalue weighted by atomic mass is 32.2. The maximum atomic E-state index is 9.46. The zero-order chi connectivity index (χ0) is 11.7. The first-order chi connectivity index (χ1) is 8.33. The van der Waals surface area contributed by atoms with Crippen molar-refractivity contribution in [3.63, 3.8) is 0 Å². The molecule has 2 N–H and O–H groups in total. The van der Waals surface area contributed by atoms with E-state index in [1.165, 1.54) is 18.6 Å². The molecule has 0 radical (unpaired) electrons. The van der Waals surface area contributed by atoms with Gasteiger partial charge in [0.15, 0.2) is 5.82 Å². The van der Waals surface area contributed by atoms with Crippen LogP contribution in [-0.2, 0) is 0 Å². The number of nitrogens with one attached hydrogen (secondary N) is 1. The van der Waals surface area contributed by atoms with E-state index in [0.717, 1.165) is 12.2 Å². The Hall–Kier alpha value is -0.590. The van der Waals surface area contributed by atoms with E-state index in [-0.39, 0.29) is 12.1 Å². The number of β-amino-alcohol motifs (C(OH)–C–C–N with tert-alkyl or cyclic N) is 1. The van der Waals surface area contributed by atoms with Gasteiger partial charge < -0.3 is 14.9 Å². The topological polar surface area (TPSA) is 71.2 Å². The minimum Gasteiger partial charge on any atom is -0.392 e. The fourth-order valence-corrected chi connectivity index (χ4v) is 3.60. The van der Waals surface area contributed by atoms with Crippen molar-refractivity contribution in [2.75, 3.05) is 12.3 Å². The van der Waals surface area contributed by atoms with Crippen LogP contribution < -0.4 is 5.32 Å². The van der Waals surface area contributed by atoms with Gasteiger partial charge in [0.2, 0.25) is 5.89 Å². The molecule has 5 nitrogen and oxygen atoms in total. The monoisotopic (exact) mass is 255 g/mol. The predicted octanol–water partition coefficient (Wildman–Crippen LogP) is 1.42. The Morgan fingerprint density at radius 2 is 2.35 bits per heavy atom. The lowest BCUT2D eigenvalue weighted by molar-refractivity contribution is 0.191. The summed E-state index contributed by atoms with van der Waals surface area (Å²) in [6.07, 6.45) is 4.06. The van der Waals surface area contributed by atoms with Crippen LogP contribution in [0.1, 0.15) is 48.7 Å². The summed E-state index contributed by atoms with van der Waals surface area (Å²) in [5, 5.41) is 17.1. The second-order valence-corrected chi connectivity index (χ2v) is 6.01. The van der Waals surface area contributed by atoms with Crippen molar-refractivity contribution in [1.29, 1.82) is 0 Å². The average Bonchev–Trinajstić information content (AvgIpc) is 2.98. The Labute approximate surface area is 104 Å². The Kier molecular flexibility index (Phi) is 3.35. The van der Waals surface area contributed by atoms with Gasteiger partial charge in [0.1, 0.15) is 0 Å². The van der Waals surface area contributed by atoms with Gasteiger partial charge in [-0.2, -0.15) is 16.7 Å². The van der Waals surface area contributed by atoms with Gasteiger partial charge in [-0.05, 0) is 25.0 Å². The van der Waals surface area contributed by atoms with Crippen molar-refractivity contribution >= 4 is 11.8 Å². The van der Waals surface area contributed by atoms with Crippen LogP contribution in [0.2, 0.25) is 0 Å². The van der Waals surface area contributed by atoms with Gasteiger partial charge in [-0.1, -0.05) is 11.6 Å². The lowest BCUT2D eigenvalue weighted by Crippen LogP contribution is -2.15. The van der Waals surface area contributed by atoms with Crippen LogP contribution in [-0.4, -0.2) is 33.6 Å². The van der Waals surface area contributed by atoms with Gasteiger partial charge in [-0.25, -0.2) is 0 Å².